The number of terminal acetylenes is 1. The van der Waals surface area contributed by atoms with Gasteiger partial charge in [0.2, 0.25) is 0 Å². The van der Waals surface area contributed by atoms with Crippen LogP contribution in [0.2, 0.25) is 0 Å². The Labute approximate surface area is 116 Å². The van der Waals surface area contributed by atoms with Crippen molar-refractivity contribution in [3.63, 3.8) is 0 Å². The number of methoxy groups -OCH3 is 1. The molecule has 2 rings (SSSR count). The first kappa shape index (κ1) is 14.0. The van der Waals surface area contributed by atoms with Crippen LogP contribution in [0.25, 0.3) is 0 Å². The SMILES string of the molecule is C#Cc1ccc(OCC2CCC(COC)CC2)cc1. The number of rotatable bonds is 5. The molecule has 2 nitrogen and oxygen atoms in total. The molecule has 0 unspecified atom stereocenters. The Balaban J connectivity index is 1.73. The molecule has 0 saturated heterocycles. The molecule has 0 N–H and O–H groups in total. The molecule has 1 fully saturated rings. The van der Waals surface area contributed by atoms with E-state index in [9.17, 15) is 0 Å². The maximum Gasteiger partial charge on any atom is 0.119 e. The zero-order chi connectivity index (χ0) is 13.5. The molecule has 1 aliphatic carbocycles. The van der Waals surface area contributed by atoms with Crippen molar-refractivity contribution in [2.45, 2.75) is 25.7 Å². The number of hydrogen-bond acceptors (Lipinski definition) is 2. The second kappa shape index (κ2) is 7.21. The van der Waals surface area contributed by atoms with E-state index >= 15 is 0 Å². The second-order valence-electron chi connectivity index (χ2n) is 5.32. The van der Waals surface area contributed by atoms with E-state index in [4.69, 9.17) is 15.9 Å². The van der Waals surface area contributed by atoms with Gasteiger partial charge < -0.3 is 9.47 Å². The molecule has 0 aromatic heterocycles. The highest BCUT2D eigenvalue weighted by molar-refractivity contribution is 5.36. The smallest absolute Gasteiger partial charge is 0.119 e. The van der Waals surface area contributed by atoms with Crippen molar-refractivity contribution in [2.24, 2.45) is 11.8 Å². The monoisotopic (exact) mass is 258 g/mol. The molecular formula is C17H22O2. The van der Waals surface area contributed by atoms with E-state index in [0.29, 0.717) is 5.92 Å². The van der Waals surface area contributed by atoms with E-state index in [-0.39, 0.29) is 0 Å². The molecule has 1 aromatic carbocycles. The minimum Gasteiger partial charge on any atom is -0.493 e. The standard InChI is InChI=1S/C17H22O2/c1-3-14-8-10-17(11-9-14)19-13-16-6-4-15(5-7-16)12-18-2/h1,8-11,15-16H,4-7,12-13H2,2H3. The highest BCUT2D eigenvalue weighted by Crippen LogP contribution is 2.29. The summed E-state index contributed by atoms with van der Waals surface area (Å²) >= 11 is 0. The first-order chi connectivity index (χ1) is 9.31. The quantitative estimate of drug-likeness (QED) is 0.753. The molecule has 0 heterocycles. The molecule has 1 aliphatic rings. The van der Waals surface area contributed by atoms with E-state index < -0.39 is 0 Å². The zero-order valence-corrected chi connectivity index (χ0v) is 11.6. The fraction of sp³-hybridized carbons (Fsp3) is 0.529. The van der Waals surface area contributed by atoms with Gasteiger partial charge in [-0.2, -0.15) is 0 Å². The van der Waals surface area contributed by atoms with E-state index in [1.807, 2.05) is 24.3 Å². The van der Waals surface area contributed by atoms with Gasteiger partial charge in [-0.3, -0.25) is 0 Å². The van der Waals surface area contributed by atoms with Gasteiger partial charge in [-0.25, -0.2) is 0 Å². The molecule has 1 saturated carbocycles. The summed E-state index contributed by atoms with van der Waals surface area (Å²) in [7, 11) is 1.79. The lowest BCUT2D eigenvalue weighted by Crippen LogP contribution is -2.22. The highest BCUT2D eigenvalue weighted by Gasteiger charge is 2.21. The van der Waals surface area contributed by atoms with Crippen LogP contribution in [0, 0.1) is 24.2 Å². The summed E-state index contributed by atoms with van der Waals surface area (Å²) < 4.78 is 11.1. The van der Waals surface area contributed by atoms with Crippen molar-refractivity contribution in [1.29, 1.82) is 0 Å². The van der Waals surface area contributed by atoms with Gasteiger partial charge >= 0.3 is 0 Å². The molecule has 2 heteroatoms. The fourth-order valence-corrected chi connectivity index (χ4v) is 2.66. The molecule has 0 bridgehead atoms. The Morgan fingerprint density at radius 1 is 1.05 bits per heavy atom. The van der Waals surface area contributed by atoms with Crippen molar-refractivity contribution in [1.82, 2.24) is 0 Å². The highest BCUT2D eigenvalue weighted by atomic mass is 16.5. The second-order valence-corrected chi connectivity index (χ2v) is 5.32. The van der Waals surface area contributed by atoms with Crippen LogP contribution in [0.4, 0.5) is 0 Å². The number of benzene rings is 1. The van der Waals surface area contributed by atoms with Gasteiger partial charge in [0, 0.05) is 19.3 Å². The Hall–Kier alpha value is -1.46. The third kappa shape index (κ3) is 4.29. The summed E-state index contributed by atoms with van der Waals surface area (Å²) in [5.74, 6) is 4.95. The Morgan fingerprint density at radius 3 is 2.16 bits per heavy atom. The van der Waals surface area contributed by atoms with Crippen LogP contribution >= 0.6 is 0 Å². The lowest BCUT2D eigenvalue weighted by molar-refractivity contribution is 0.106. The van der Waals surface area contributed by atoms with Gasteiger partial charge in [0.25, 0.3) is 0 Å². The van der Waals surface area contributed by atoms with E-state index in [1.165, 1.54) is 25.7 Å². The molecule has 1 aromatic rings. The lowest BCUT2D eigenvalue weighted by atomic mass is 9.83. The predicted octanol–water partition coefficient (Wildman–Crippen LogP) is 3.50. The van der Waals surface area contributed by atoms with Gasteiger partial charge in [0.1, 0.15) is 5.75 Å². The van der Waals surface area contributed by atoms with Crippen molar-refractivity contribution in [2.75, 3.05) is 20.3 Å². The van der Waals surface area contributed by atoms with Crippen LogP contribution in [0.1, 0.15) is 31.2 Å². The largest absolute Gasteiger partial charge is 0.493 e. The number of hydrogen-bond donors (Lipinski definition) is 0. The van der Waals surface area contributed by atoms with Crippen molar-refractivity contribution < 1.29 is 9.47 Å². The van der Waals surface area contributed by atoms with Crippen molar-refractivity contribution in [3.05, 3.63) is 29.8 Å². The minimum atomic E-state index is 0.681. The van der Waals surface area contributed by atoms with Crippen LogP contribution < -0.4 is 4.74 Å². The summed E-state index contributed by atoms with van der Waals surface area (Å²) in [5.41, 5.74) is 0.896. The van der Waals surface area contributed by atoms with Crippen LogP contribution in [0.3, 0.4) is 0 Å². The summed E-state index contributed by atoms with van der Waals surface area (Å²) in [6, 6.07) is 7.74. The molecular weight excluding hydrogens is 236 g/mol. The average molecular weight is 258 g/mol. The molecule has 102 valence electrons. The van der Waals surface area contributed by atoms with Gasteiger partial charge in [-0.05, 0) is 61.8 Å². The van der Waals surface area contributed by atoms with Crippen LogP contribution in [0.15, 0.2) is 24.3 Å². The summed E-state index contributed by atoms with van der Waals surface area (Å²) in [6.45, 7) is 1.72. The van der Waals surface area contributed by atoms with Gasteiger partial charge in [0.05, 0.1) is 6.61 Å². The topological polar surface area (TPSA) is 18.5 Å². The average Bonchev–Trinajstić information content (AvgIpc) is 2.47. The zero-order valence-electron chi connectivity index (χ0n) is 11.6. The summed E-state index contributed by atoms with van der Waals surface area (Å²) in [5, 5.41) is 0. The Kier molecular flexibility index (Phi) is 5.30. The van der Waals surface area contributed by atoms with Crippen molar-refractivity contribution >= 4 is 0 Å². The molecule has 0 aliphatic heterocycles. The van der Waals surface area contributed by atoms with E-state index in [1.54, 1.807) is 7.11 Å². The number of ether oxygens (including phenoxy) is 2. The van der Waals surface area contributed by atoms with Gasteiger partial charge in [-0.15, -0.1) is 6.42 Å². The minimum absolute atomic E-state index is 0.681. The van der Waals surface area contributed by atoms with Crippen molar-refractivity contribution in [3.8, 4) is 18.1 Å². The van der Waals surface area contributed by atoms with Gasteiger partial charge in [0.15, 0.2) is 0 Å². The van der Waals surface area contributed by atoms with Crippen LogP contribution in [0.5, 0.6) is 5.75 Å². The predicted molar refractivity (Wildman–Crippen MR) is 77.2 cm³/mol. The van der Waals surface area contributed by atoms with Crippen LogP contribution in [-0.4, -0.2) is 20.3 Å². The molecule has 0 radical (unpaired) electrons. The van der Waals surface area contributed by atoms with Gasteiger partial charge in [-0.1, -0.05) is 5.92 Å². The first-order valence-corrected chi connectivity index (χ1v) is 7.00. The first-order valence-electron chi connectivity index (χ1n) is 7.00. The third-order valence-corrected chi connectivity index (χ3v) is 3.88. The molecule has 0 atom stereocenters. The Morgan fingerprint density at radius 2 is 1.63 bits per heavy atom. The lowest BCUT2D eigenvalue weighted by Gasteiger charge is -2.27. The molecule has 19 heavy (non-hydrogen) atoms. The normalized spacial score (nSPS) is 22.7. The molecule has 0 amide bonds. The van der Waals surface area contributed by atoms with E-state index in [2.05, 4.69) is 5.92 Å². The third-order valence-electron chi connectivity index (χ3n) is 3.88. The fourth-order valence-electron chi connectivity index (χ4n) is 2.66. The van der Waals surface area contributed by atoms with E-state index in [0.717, 1.165) is 30.4 Å². The van der Waals surface area contributed by atoms with Crippen LogP contribution in [-0.2, 0) is 4.74 Å². The summed E-state index contributed by atoms with van der Waals surface area (Å²) in [4.78, 5) is 0. The maximum absolute atomic E-state index is 5.84. The maximum atomic E-state index is 5.84. The Bertz CT molecular complexity index is 408. The summed E-state index contributed by atoms with van der Waals surface area (Å²) in [6.07, 6.45) is 10.3. The molecule has 0 spiro atoms.